The third-order valence-corrected chi connectivity index (χ3v) is 7.43. The van der Waals surface area contributed by atoms with E-state index in [2.05, 4.69) is 15.0 Å². The zero-order valence-electron chi connectivity index (χ0n) is 22.1. The molecular weight excluding hydrogens is 535 g/mol. The largest absolute Gasteiger partial charge is 0.497 e. The number of hydrogen-bond acceptors (Lipinski definition) is 6. The number of ether oxygens (including phenoxy) is 1. The van der Waals surface area contributed by atoms with Crippen LogP contribution in [0, 0.1) is 5.92 Å². The molecule has 1 saturated carbocycles. The lowest BCUT2D eigenvalue weighted by atomic mass is 9.95. The van der Waals surface area contributed by atoms with Crippen LogP contribution in [-0.4, -0.2) is 41.4 Å². The molecule has 0 bridgehead atoms. The predicted molar refractivity (Wildman–Crippen MR) is 147 cm³/mol. The van der Waals surface area contributed by atoms with E-state index in [9.17, 15) is 23.1 Å². The Balaban J connectivity index is 1.18. The molecule has 2 aromatic heterocycles. The van der Waals surface area contributed by atoms with Gasteiger partial charge in [-0.1, -0.05) is 35.5 Å². The van der Waals surface area contributed by atoms with Crippen molar-refractivity contribution >= 4 is 17.9 Å². The van der Waals surface area contributed by atoms with E-state index < -0.39 is 17.7 Å². The Morgan fingerprint density at radius 3 is 2.54 bits per heavy atom. The summed E-state index contributed by atoms with van der Waals surface area (Å²) in [5.74, 6) is 1.20. The molecule has 0 radical (unpaired) electrons. The molecule has 1 N–H and O–H groups in total. The van der Waals surface area contributed by atoms with E-state index in [0.717, 1.165) is 30.3 Å². The Labute approximate surface area is 233 Å². The van der Waals surface area contributed by atoms with Gasteiger partial charge < -0.3 is 19.3 Å². The Morgan fingerprint density at radius 2 is 1.88 bits per heavy atom. The monoisotopic (exact) mass is 561 g/mol. The molecule has 0 atom stereocenters. The van der Waals surface area contributed by atoms with Crippen LogP contribution in [0.5, 0.6) is 5.75 Å². The SMILES string of the molecule is COc1cc(C(=O)O)cc(-c2ccc(N3CC(/C=C/c4c(-c5ccccc5C(F)(F)F)noc4C4CC4)C3)nc2)c1. The number of anilines is 1. The van der Waals surface area contributed by atoms with E-state index in [1.165, 1.54) is 25.3 Å². The second kappa shape index (κ2) is 10.4. The molecule has 0 unspecified atom stereocenters. The zero-order chi connectivity index (χ0) is 28.7. The highest BCUT2D eigenvalue weighted by Gasteiger charge is 2.37. The van der Waals surface area contributed by atoms with Gasteiger partial charge in [0.2, 0.25) is 0 Å². The molecular formula is C31H26F3N3O4. The normalized spacial score (nSPS) is 15.8. The maximum Gasteiger partial charge on any atom is 0.417 e. The first-order chi connectivity index (χ1) is 19.7. The van der Waals surface area contributed by atoms with Gasteiger partial charge in [0.1, 0.15) is 23.0 Å². The number of carbonyl (C=O) groups is 1. The van der Waals surface area contributed by atoms with E-state index >= 15 is 0 Å². The van der Waals surface area contributed by atoms with Crippen LogP contribution in [0.25, 0.3) is 28.5 Å². The molecule has 210 valence electrons. The number of rotatable bonds is 8. The van der Waals surface area contributed by atoms with Crippen molar-refractivity contribution in [3.63, 3.8) is 0 Å². The summed E-state index contributed by atoms with van der Waals surface area (Å²) in [4.78, 5) is 18.1. The number of benzene rings is 2. The van der Waals surface area contributed by atoms with Gasteiger partial charge in [-0.3, -0.25) is 0 Å². The number of methoxy groups -OCH3 is 1. The maximum absolute atomic E-state index is 13.7. The van der Waals surface area contributed by atoms with Crippen LogP contribution in [0.2, 0.25) is 0 Å². The van der Waals surface area contributed by atoms with Crippen molar-refractivity contribution in [3.8, 4) is 28.1 Å². The van der Waals surface area contributed by atoms with Gasteiger partial charge >= 0.3 is 12.1 Å². The summed E-state index contributed by atoms with van der Waals surface area (Å²) >= 11 is 0. The Bertz CT molecular complexity index is 1620. The van der Waals surface area contributed by atoms with E-state index in [4.69, 9.17) is 9.26 Å². The molecule has 7 nitrogen and oxygen atoms in total. The minimum Gasteiger partial charge on any atom is -0.497 e. The molecule has 41 heavy (non-hydrogen) atoms. The van der Waals surface area contributed by atoms with Crippen LogP contribution in [0.15, 0.2) is 71.4 Å². The summed E-state index contributed by atoms with van der Waals surface area (Å²) in [7, 11) is 1.49. The topological polar surface area (TPSA) is 88.7 Å². The van der Waals surface area contributed by atoms with Crippen molar-refractivity contribution in [3.05, 3.63) is 89.3 Å². The van der Waals surface area contributed by atoms with Gasteiger partial charge in [-0.15, -0.1) is 0 Å². The molecule has 1 aliphatic carbocycles. The second-order valence-corrected chi connectivity index (χ2v) is 10.3. The number of alkyl halides is 3. The number of hydrogen-bond donors (Lipinski definition) is 1. The highest BCUT2D eigenvalue weighted by molar-refractivity contribution is 5.90. The Kier molecular flexibility index (Phi) is 6.76. The lowest BCUT2D eigenvalue weighted by Gasteiger charge is -2.38. The third kappa shape index (κ3) is 5.41. The van der Waals surface area contributed by atoms with Crippen molar-refractivity contribution in [2.45, 2.75) is 24.9 Å². The number of aromatic carboxylic acids is 1. The number of halogens is 3. The Hall–Kier alpha value is -4.60. The van der Waals surface area contributed by atoms with Gasteiger partial charge in [0.05, 0.1) is 18.2 Å². The molecule has 0 spiro atoms. The van der Waals surface area contributed by atoms with E-state index in [1.54, 1.807) is 24.4 Å². The molecule has 1 saturated heterocycles. The summed E-state index contributed by atoms with van der Waals surface area (Å²) in [5.41, 5.74) is 1.69. The quantitative estimate of drug-likeness (QED) is 0.244. The van der Waals surface area contributed by atoms with E-state index in [1.807, 2.05) is 24.3 Å². The van der Waals surface area contributed by atoms with Crippen LogP contribution >= 0.6 is 0 Å². The average Bonchev–Trinajstić information content (AvgIpc) is 3.70. The van der Waals surface area contributed by atoms with Gasteiger partial charge in [-0.25, -0.2) is 9.78 Å². The standard InChI is InChI=1S/C31H26F3N3O4/c1-40-23-13-21(12-22(14-23)30(38)39)20-9-11-27(35-15-20)37-16-18(17-37)6-10-25-28(36-41-29(25)19-7-8-19)24-4-2-3-5-26(24)31(32,33)34/h2-6,9-15,18-19H,7-8,16-17H2,1H3,(H,38,39)/b10-6+. The van der Waals surface area contributed by atoms with Gasteiger partial charge in [-0.05, 0) is 54.8 Å². The number of aromatic nitrogens is 2. The van der Waals surface area contributed by atoms with Gasteiger partial charge in [0.15, 0.2) is 0 Å². The van der Waals surface area contributed by atoms with Gasteiger partial charge in [0.25, 0.3) is 0 Å². The van der Waals surface area contributed by atoms with Crippen LogP contribution in [0.1, 0.15) is 46.0 Å². The van der Waals surface area contributed by atoms with E-state index in [0.29, 0.717) is 35.7 Å². The van der Waals surface area contributed by atoms with Crippen LogP contribution in [0.4, 0.5) is 19.0 Å². The molecule has 10 heteroatoms. The summed E-state index contributed by atoms with van der Waals surface area (Å²) in [5, 5.41) is 13.5. The summed E-state index contributed by atoms with van der Waals surface area (Å²) < 4.78 is 51.9. The fourth-order valence-corrected chi connectivity index (χ4v) is 5.05. The molecule has 1 aliphatic heterocycles. The second-order valence-electron chi connectivity index (χ2n) is 10.3. The lowest BCUT2D eigenvalue weighted by molar-refractivity contribution is -0.137. The highest BCUT2D eigenvalue weighted by atomic mass is 19.4. The fourth-order valence-electron chi connectivity index (χ4n) is 5.05. The first-order valence-corrected chi connectivity index (χ1v) is 13.2. The third-order valence-electron chi connectivity index (χ3n) is 7.43. The average molecular weight is 562 g/mol. The van der Waals surface area contributed by atoms with Crippen molar-refractivity contribution in [1.29, 1.82) is 0 Å². The zero-order valence-corrected chi connectivity index (χ0v) is 22.1. The van der Waals surface area contributed by atoms with Crippen molar-refractivity contribution in [2.24, 2.45) is 5.92 Å². The molecule has 2 aromatic carbocycles. The van der Waals surface area contributed by atoms with Crippen molar-refractivity contribution in [1.82, 2.24) is 10.1 Å². The predicted octanol–water partition coefficient (Wildman–Crippen LogP) is 7.16. The minimum atomic E-state index is -4.50. The van der Waals surface area contributed by atoms with Crippen LogP contribution in [-0.2, 0) is 6.18 Å². The lowest BCUT2D eigenvalue weighted by Crippen LogP contribution is -2.46. The molecule has 2 fully saturated rings. The Morgan fingerprint density at radius 1 is 1.10 bits per heavy atom. The smallest absolute Gasteiger partial charge is 0.417 e. The fraction of sp³-hybridized carbons (Fsp3) is 0.258. The van der Waals surface area contributed by atoms with Crippen molar-refractivity contribution < 1.29 is 32.3 Å². The van der Waals surface area contributed by atoms with E-state index in [-0.39, 0.29) is 28.7 Å². The van der Waals surface area contributed by atoms with Crippen LogP contribution in [0.3, 0.4) is 0 Å². The summed E-state index contributed by atoms with van der Waals surface area (Å²) in [6.07, 6.45) is 2.92. The first-order valence-electron chi connectivity index (χ1n) is 13.2. The molecule has 3 heterocycles. The van der Waals surface area contributed by atoms with Gasteiger partial charge in [0, 0.05) is 47.8 Å². The highest BCUT2D eigenvalue weighted by Crippen LogP contribution is 2.46. The van der Waals surface area contributed by atoms with Gasteiger partial charge in [-0.2, -0.15) is 13.2 Å². The van der Waals surface area contributed by atoms with Crippen molar-refractivity contribution in [2.75, 3.05) is 25.1 Å². The number of carboxylic acid groups (broad SMARTS) is 1. The molecule has 4 aromatic rings. The molecule has 6 rings (SSSR count). The summed E-state index contributed by atoms with van der Waals surface area (Å²) in [6.45, 7) is 1.40. The molecule has 0 amide bonds. The number of nitrogens with zero attached hydrogens (tertiary/aromatic N) is 3. The minimum absolute atomic E-state index is 0.0151. The number of pyridine rings is 1. The molecule has 2 aliphatic rings. The number of carboxylic acids is 1. The maximum atomic E-state index is 13.7. The summed E-state index contributed by atoms with van der Waals surface area (Å²) in [6, 6.07) is 14.0. The van der Waals surface area contributed by atoms with Crippen LogP contribution < -0.4 is 9.64 Å². The first kappa shape index (κ1) is 26.6.